The molecule has 3 rings (SSSR count). The number of nitrogens with two attached hydrogens (primary N) is 1. The van der Waals surface area contributed by atoms with Gasteiger partial charge in [0.15, 0.2) is 11.6 Å². The molecule has 0 aromatic carbocycles. The highest BCUT2D eigenvalue weighted by molar-refractivity contribution is 5.57. The second kappa shape index (κ2) is 4.75. The number of hydrogen-bond donors (Lipinski definition) is 1. The van der Waals surface area contributed by atoms with Crippen molar-refractivity contribution in [2.24, 2.45) is 5.41 Å². The molecule has 4 nitrogen and oxygen atoms in total. The second-order valence-corrected chi connectivity index (χ2v) is 5.81. The lowest BCUT2D eigenvalue weighted by molar-refractivity contribution is 0.144. The number of nitrogen functional groups attached to an aromatic ring is 1. The van der Waals surface area contributed by atoms with Gasteiger partial charge in [-0.2, -0.15) is 0 Å². The van der Waals surface area contributed by atoms with E-state index in [4.69, 9.17) is 5.73 Å². The highest BCUT2D eigenvalue weighted by Gasteiger charge is 2.36. The molecule has 2 aliphatic rings. The third-order valence-corrected chi connectivity index (χ3v) is 4.74. The largest absolute Gasteiger partial charge is 0.381 e. The van der Waals surface area contributed by atoms with Crippen LogP contribution in [0.4, 0.5) is 11.6 Å². The highest BCUT2D eigenvalue weighted by Crippen LogP contribution is 2.45. The summed E-state index contributed by atoms with van der Waals surface area (Å²) in [7, 11) is 0. The van der Waals surface area contributed by atoms with Crippen LogP contribution in [0.25, 0.3) is 0 Å². The molecule has 1 saturated heterocycles. The van der Waals surface area contributed by atoms with E-state index in [1.807, 2.05) is 0 Å². The first-order valence-electron chi connectivity index (χ1n) is 7.11. The molecule has 0 unspecified atom stereocenters. The van der Waals surface area contributed by atoms with Gasteiger partial charge in [-0.15, -0.1) is 0 Å². The molecular weight excluding hydrogens is 224 g/mol. The van der Waals surface area contributed by atoms with Crippen LogP contribution >= 0.6 is 0 Å². The molecule has 2 heterocycles. The van der Waals surface area contributed by atoms with Gasteiger partial charge in [-0.3, -0.25) is 0 Å². The van der Waals surface area contributed by atoms with E-state index >= 15 is 0 Å². The molecule has 2 fully saturated rings. The van der Waals surface area contributed by atoms with Crippen molar-refractivity contribution >= 4 is 11.6 Å². The van der Waals surface area contributed by atoms with Crippen molar-refractivity contribution in [2.45, 2.75) is 44.9 Å². The van der Waals surface area contributed by atoms with Crippen molar-refractivity contribution in [3.05, 3.63) is 12.4 Å². The van der Waals surface area contributed by atoms with Crippen LogP contribution in [0, 0.1) is 5.41 Å². The topological polar surface area (TPSA) is 55.0 Å². The third kappa shape index (κ3) is 2.16. The van der Waals surface area contributed by atoms with Crippen LogP contribution in [0.2, 0.25) is 0 Å². The Kier molecular flexibility index (Phi) is 3.10. The Bertz CT molecular complexity index is 402. The van der Waals surface area contributed by atoms with Gasteiger partial charge in [0, 0.05) is 25.5 Å². The minimum Gasteiger partial charge on any atom is -0.381 e. The lowest BCUT2D eigenvalue weighted by atomic mass is 9.68. The van der Waals surface area contributed by atoms with Gasteiger partial charge in [-0.05, 0) is 31.1 Å². The third-order valence-electron chi connectivity index (χ3n) is 4.74. The predicted octanol–water partition coefficient (Wildman–Crippen LogP) is 2.61. The summed E-state index contributed by atoms with van der Waals surface area (Å²) in [5.74, 6) is 1.44. The van der Waals surface area contributed by atoms with Crippen LogP contribution in [0.5, 0.6) is 0 Å². The predicted molar refractivity (Wildman–Crippen MR) is 73.4 cm³/mol. The Hall–Kier alpha value is -1.32. The van der Waals surface area contributed by atoms with Gasteiger partial charge in [0.25, 0.3) is 0 Å². The van der Waals surface area contributed by atoms with Gasteiger partial charge in [0.1, 0.15) is 0 Å². The zero-order valence-corrected chi connectivity index (χ0v) is 10.9. The first-order valence-corrected chi connectivity index (χ1v) is 7.11. The molecule has 1 aromatic heterocycles. The lowest BCUT2D eigenvalue weighted by Gasteiger charge is -2.44. The molecule has 0 atom stereocenters. The monoisotopic (exact) mass is 246 g/mol. The summed E-state index contributed by atoms with van der Waals surface area (Å²) in [5.41, 5.74) is 6.54. The van der Waals surface area contributed by atoms with E-state index in [1.54, 1.807) is 12.4 Å². The van der Waals surface area contributed by atoms with E-state index in [1.165, 1.54) is 44.9 Å². The van der Waals surface area contributed by atoms with E-state index in [9.17, 15) is 0 Å². The Labute approximate surface area is 109 Å². The quantitative estimate of drug-likeness (QED) is 0.827. The van der Waals surface area contributed by atoms with Gasteiger partial charge in [0.2, 0.25) is 0 Å². The normalized spacial score (nSPS) is 23.2. The maximum absolute atomic E-state index is 5.91. The summed E-state index contributed by atoms with van der Waals surface area (Å²) in [6, 6.07) is 0. The van der Waals surface area contributed by atoms with E-state index in [2.05, 4.69) is 14.9 Å². The zero-order valence-electron chi connectivity index (χ0n) is 10.9. The fourth-order valence-electron chi connectivity index (χ4n) is 3.58. The van der Waals surface area contributed by atoms with E-state index in [-0.39, 0.29) is 0 Å². The molecule has 1 spiro atoms. The molecule has 1 saturated carbocycles. The molecule has 0 radical (unpaired) electrons. The number of rotatable bonds is 1. The number of piperidine rings is 1. The average Bonchev–Trinajstić information content (AvgIpc) is 2.42. The number of aromatic nitrogens is 2. The fraction of sp³-hybridized carbons (Fsp3) is 0.714. The van der Waals surface area contributed by atoms with Gasteiger partial charge in [-0.25, -0.2) is 9.97 Å². The zero-order chi connectivity index (χ0) is 12.4. The van der Waals surface area contributed by atoms with Gasteiger partial charge < -0.3 is 10.6 Å². The molecule has 4 heteroatoms. The Balaban J connectivity index is 1.68. The minimum absolute atomic E-state index is 0.567. The van der Waals surface area contributed by atoms with Crippen molar-refractivity contribution < 1.29 is 0 Å². The van der Waals surface area contributed by atoms with E-state index < -0.39 is 0 Å². The van der Waals surface area contributed by atoms with Crippen LogP contribution in [-0.2, 0) is 0 Å². The molecule has 18 heavy (non-hydrogen) atoms. The molecule has 1 aliphatic carbocycles. The van der Waals surface area contributed by atoms with E-state index in [0.29, 0.717) is 11.2 Å². The minimum atomic E-state index is 0.567. The summed E-state index contributed by atoms with van der Waals surface area (Å²) in [6.45, 7) is 2.17. The Morgan fingerprint density at radius 1 is 0.944 bits per heavy atom. The second-order valence-electron chi connectivity index (χ2n) is 5.81. The molecule has 0 bridgehead atoms. The van der Waals surface area contributed by atoms with Crippen LogP contribution in [0.3, 0.4) is 0 Å². The van der Waals surface area contributed by atoms with Crippen molar-refractivity contribution in [2.75, 3.05) is 23.7 Å². The van der Waals surface area contributed by atoms with Crippen LogP contribution < -0.4 is 10.6 Å². The maximum Gasteiger partial charge on any atom is 0.171 e. The standard InChI is InChI=1S/C14H22N4/c15-12-13(17-9-8-16-12)18-10-6-14(7-11-18)4-2-1-3-5-14/h8-9H,1-7,10-11H2,(H2,15,16). The maximum atomic E-state index is 5.91. The van der Waals surface area contributed by atoms with E-state index in [0.717, 1.165) is 18.9 Å². The Morgan fingerprint density at radius 3 is 2.28 bits per heavy atom. The molecule has 98 valence electrons. The summed E-state index contributed by atoms with van der Waals surface area (Å²) in [4.78, 5) is 10.8. The summed E-state index contributed by atoms with van der Waals surface area (Å²) < 4.78 is 0. The smallest absolute Gasteiger partial charge is 0.171 e. The molecule has 2 N–H and O–H groups in total. The molecular formula is C14H22N4. The summed E-state index contributed by atoms with van der Waals surface area (Å²) >= 11 is 0. The SMILES string of the molecule is Nc1nccnc1N1CCC2(CCCCC2)CC1. The van der Waals surface area contributed by atoms with Crippen molar-refractivity contribution in [1.29, 1.82) is 0 Å². The average molecular weight is 246 g/mol. The van der Waals surface area contributed by atoms with Crippen molar-refractivity contribution in [3.63, 3.8) is 0 Å². The molecule has 1 aromatic rings. The van der Waals surface area contributed by atoms with Crippen molar-refractivity contribution in [3.8, 4) is 0 Å². The number of anilines is 2. The van der Waals surface area contributed by atoms with Crippen LogP contribution in [0.15, 0.2) is 12.4 Å². The first kappa shape index (κ1) is 11.8. The van der Waals surface area contributed by atoms with Gasteiger partial charge in [0.05, 0.1) is 0 Å². The number of nitrogens with zero attached hydrogens (tertiary/aromatic N) is 3. The Morgan fingerprint density at radius 2 is 1.61 bits per heavy atom. The fourth-order valence-corrected chi connectivity index (χ4v) is 3.58. The van der Waals surface area contributed by atoms with Crippen LogP contribution in [0.1, 0.15) is 44.9 Å². The summed E-state index contributed by atoms with van der Waals surface area (Å²) in [6.07, 6.45) is 13.1. The van der Waals surface area contributed by atoms with Crippen molar-refractivity contribution in [1.82, 2.24) is 9.97 Å². The number of hydrogen-bond acceptors (Lipinski definition) is 4. The van der Waals surface area contributed by atoms with Gasteiger partial charge in [-0.1, -0.05) is 19.3 Å². The lowest BCUT2D eigenvalue weighted by Crippen LogP contribution is -2.41. The highest BCUT2D eigenvalue weighted by atomic mass is 15.2. The first-order chi connectivity index (χ1) is 8.79. The summed E-state index contributed by atoms with van der Waals surface area (Å²) in [5, 5.41) is 0. The molecule has 0 amide bonds. The molecule has 1 aliphatic heterocycles. The van der Waals surface area contributed by atoms with Gasteiger partial charge >= 0.3 is 0 Å². The van der Waals surface area contributed by atoms with Crippen LogP contribution in [-0.4, -0.2) is 23.1 Å².